The third-order valence-electron chi connectivity index (χ3n) is 5.45. The van der Waals surface area contributed by atoms with Crippen molar-refractivity contribution in [3.63, 3.8) is 0 Å². The number of isocyanates is 1. The predicted octanol–water partition coefficient (Wildman–Crippen LogP) is 5.41. The summed E-state index contributed by atoms with van der Waals surface area (Å²) in [6, 6.07) is 34.8. The van der Waals surface area contributed by atoms with Crippen LogP contribution in [0.3, 0.4) is 0 Å². The van der Waals surface area contributed by atoms with Gasteiger partial charge in [0.25, 0.3) is 17.9 Å². The van der Waals surface area contributed by atoms with E-state index in [0.29, 0.717) is 5.01 Å². The van der Waals surface area contributed by atoms with E-state index in [4.69, 9.17) is 0 Å². The Bertz CT molecular complexity index is 1210. The van der Waals surface area contributed by atoms with Crippen molar-refractivity contribution in [1.29, 1.82) is 0 Å². The highest BCUT2D eigenvalue weighted by atomic mass is 16.2. The summed E-state index contributed by atoms with van der Waals surface area (Å²) in [4.78, 5) is 36.4. The highest BCUT2D eigenvalue weighted by Crippen LogP contribution is 2.21. The van der Waals surface area contributed by atoms with E-state index in [1.807, 2.05) is 109 Å². The maximum Gasteiger partial charge on any atom is 0.259 e. The molecule has 0 heterocycles. The van der Waals surface area contributed by atoms with Crippen LogP contribution >= 0.6 is 0 Å². The summed E-state index contributed by atoms with van der Waals surface area (Å²) in [6.07, 6.45) is 1.21. The van der Waals surface area contributed by atoms with E-state index in [0.717, 1.165) is 33.4 Å². The van der Waals surface area contributed by atoms with Crippen molar-refractivity contribution in [2.75, 3.05) is 0 Å². The topological polar surface area (TPSA) is 66.8 Å². The Labute approximate surface area is 198 Å². The van der Waals surface area contributed by atoms with Crippen LogP contribution in [0.1, 0.15) is 11.1 Å². The van der Waals surface area contributed by atoms with Crippen molar-refractivity contribution in [1.82, 2.24) is 5.01 Å². The Morgan fingerprint density at radius 2 is 0.912 bits per heavy atom. The van der Waals surface area contributed by atoms with Gasteiger partial charge in [-0.1, -0.05) is 114 Å². The number of benzene rings is 4. The fourth-order valence-corrected chi connectivity index (χ4v) is 3.68. The number of hydrogen-bond donors (Lipinski definition) is 0. The summed E-state index contributed by atoms with van der Waals surface area (Å²) in [7, 11) is 0. The maximum absolute atomic E-state index is 12.8. The van der Waals surface area contributed by atoms with Crippen LogP contribution in [0.25, 0.3) is 22.3 Å². The van der Waals surface area contributed by atoms with Gasteiger partial charge in [0.2, 0.25) is 0 Å². The lowest BCUT2D eigenvalue weighted by Gasteiger charge is -2.14. The summed E-state index contributed by atoms with van der Waals surface area (Å²) >= 11 is 0. The van der Waals surface area contributed by atoms with Gasteiger partial charge in [0.15, 0.2) is 0 Å². The average molecular weight is 447 g/mol. The van der Waals surface area contributed by atoms with Gasteiger partial charge in [-0.25, -0.2) is 4.79 Å². The third-order valence-corrected chi connectivity index (χ3v) is 5.45. The molecule has 4 aromatic rings. The molecule has 0 atom stereocenters. The molecule has 0 aliphatic heterocycles. The first-order valence-electron chi connectivity index (χ1n) is 10.9. The molecule has 0 bridgehead atoms. The molecule has 4 aromatic carbocycles. The Balaban J connectivity index is 1.42. The first-order valence-corrected chi connectivity index (χ1v) is 10.9. The average Bonchev–Trinajstić information content (AvgIpc) is 2.89. The van der Waals surface area contributed by atoms with Crippen LogP contribution in [0, 0.1) is 0 Å². The van der Waals surface area contributed by atoms with Gasteiger partial charge in [0.1, 0.15) is 0 Å². The zero-order valence-corrected chi connectivity index (χ0v) is 18.4. The molecule has 0 saturated carbocycles. The lowest BCUT2D eigenvalue weighted by atomic mass is 10.0. The van der Waals surface area contributed by atoms with Gasteiger partial charge in [-0.3, -0.25) is 9.59 Å². The van der Waals surface area contributed by atoms with Crippen LogP contribution in [0.15, 0.2) is 114 Å². The van der Waals surface area contributed by atoms with Crippen LogP contribution in [0.2, 0.25) is 0 Å². The van der Waals surface area contributed by atoms with E-state index in [-0.39, 0.29) is 12.8 Å². The van der Waals surface area contributed by atoms with E-state index in [2.05, 4.69) is 5.10 Å². The van der Waals surface area contributed by atoms with Gasteiger partial charge in [0.05, 0.1) is 12.8 Å². The molecule has 2 amide bonds. The molecule has 0 unspecified atom stereocenters. The molecule has 0 radical (unpaired) electrons. The molecule has 0 fully saturated rings. The van der Waals surface area contributed by atoms with Crippen LogP contribution in [0.5, 0.6) is 0 Å². The minimum atomic E-state index is -0.582. The Hall–Kier alpha value is -4.60. The Morgan fingerprint density at radius 3 is 1.26 bits per heavy atom. The molecule has 0 N–H and O–H groups in total. The van der Waals surface area contributed by atoms with Crippen molar-refractivity contribution < 1.29 is 14.4 Å². The van der Waals surface area contributed by atoms with Crippen molar-refractivity contribution in [2.24, 2.45) is 5.10 Å². The lowest BCUT2D eigenvalue weighted by Crippen LogP contribution is -2.34. The minimum absolute atomic E-state index is 0.0566. The first kappa shape index (κ1) is 22.6. The third kappa shape index (κ3) is 5.60. The molecule has 0 saturated heterocycles. The molecule has 4 rings (SSSR count). The Morgan fingerprint density at radius 1 is 0.559 bits per heavy atom. The molecular weight excluding hydrogens is 424 g/mol. The van der Waals surface area contributed by atoms with E-state index < -0.39 is 11.8 Å². The highest BCUT2D eigenvalue weighted by molar-refractivity contribution is 5.97. The minimum Gasteiger partial charge on any atom is -0.272 e. The standard InChI is InChI=1S/C29H22N2O3/c32-21-30-31(28(33)19-22-11-15-26(16-12-22)24-7-3-1-4-8-24)29(34)20-23-13-17-27(18-14-23)25-9-5-2-6-10-25/h1-18H,19-20H2. The number of imide groups is 1. The predicted molar refractivity (Wildman–Crippen MR) is 131 cm³/mol. The van der Waals surface area contributed by atoms with Gasteiger partial charge in [-0.15, -0.1) is 0 Å². The zero-order valence-electron chi connectivity index (χ0n) is 18.4. The smallest absolute Gasteiger partial charge is 0.259 e. The molecule has 166 valence electrons. The summed E-state index contributed by atoms with van der Waals surface area (Å²) in [6.45, 7) is 0. The van der Waals surface area contributed by atoms with Crippen molar-refractivity contribution in [3.05, 3.63) is 120 Å². The monoisotopic (exact) mass is 446 g/mol. The van der Waals surface area contributed by atoms with Crippen LogP contribution < -0.4 is 0 Å². The zero-order chi connectivity index (χ0) is 23.8. The van der Waals surface area contributed by atoms with Crippen molar-refractivity contribution in [3.8, 4) is 22.3 Å². The van der Waals surface area contributed by atoms with Crippen molar-refractivity contribution in [2.45, 2.75) is 12.8 Å². The second-order valence-electron chi connectivity index (χ2n) is 7.77. The molecule has 5 nitrogen and oxygen atoms in total. The van der Waals surface area contributed by atoms with Gasteiger partial charge in [-0.05, 0) is 33.4 Å². The fraction of sp³-hybridized carbons (Fsp3) is 0.0690. The molecule has 5 heteroatoms. The SMILES string of the molecule is O=C=NN(C(=O)Cc1ccc(-c2ccccc2)cc1)C(=O)Cc1ccc(-c2ccccc2)cc1. The maximum atomic E-state index is 12.8. The van der Waals surface area contributed by atoms with Crippen LogP contribution in [-0.2, 0) is 27.2 Å². The largest absolute Gasteiger partial charge is 0.272 e. The van der Waals surface area contributed by atoms with Crippen LogP contribution in [0.4, 0.5) is 0 Å². The normalized spacial score (nSPS) is 10.2. The molecule has 34 heavy (non-hydrogen) atoms. The lowest BCUT2D eigenvalue weighted by molar-refractivity contribution is -0.144. The molecule has 0 spiro atoms. The van der Waals surface area contributed by atoms with Gasteiger partial charge in [-0.2, -0.15) is 5.01 Å². The van der Waals surface area contributed by atoms with E-state index in [9.17, 15) is 14.4 Å². The fourth-order valence-electron chi connectivity index (χ4n) is 3.68. The summed E-state index contributed by atoms with van der Waals surface area (Å²) in [5.74, 6) is -1.16. The van der Waals surface area contributed by atoms with Gasteiger partial charge >= 0.3 is 0 Å². The molecule has 0 aliphatic rings. The summed E-state index contributed by atoms with van der Waals surface area (Å²) in [5, 5.41) is 3.99. The molecule has 0 aliphatic carbocycles. The summed E-state index contributed by atoms with van der Waals surface area (Å²) in [5.41, 5.74) is 5.62. The van der Waals surface area contributed by atoms with Crippen LogP contribution in [-0.4, -0.2) is 22.9 Å². The van der Waals surface area contributed by atoms with E-state index >= 15 is 0 Å². The number of nitrogens with zero attached hydrogens (tertiary/aromatic N) is 2. The Kier molecular flexibility index (Phi) is 7.19. The van der Waals surface area contributed by atoms with Crippen molar-refractivity contribution >= 4 is 17.9 Å². The second kappa shape index (κ2) is 10.8. The highest BCUT2D eigenvalue weighted by Gasteiger charge is 2.22. The number of carbonyl (C=O) groups is 2. The van der Waals surface area contributed by atoms with Gasteiger partial charge in [0, 0.05) is 0 Å². The number of rotatable bonds is 7. The van der Waals surface area contributed by atoms with E-state index in [1.54, 1.807) is 0 Å². The number of amides is 2. The number of hydrazone groups is 1. The molecule has 0 aromatic heterocycles. The molecular formula is C29H22N2O3. The number of carbonyl (C=O) groups excluding carboxylic acids is 3. The van der Waals surface area contributed by atoms with E-state index in [1.165, 1.54) is 6.08 Å². The number of hydrogen-bond acceptors (Lipinski definition) is 4. The second-order valence-corrected chi connectivity index (χ2v) is 7.77. The first-order chi connectivity index (χ1) is 16.6. The summed E-state index contributed by atoms with van der Waals surface area (Å²) < 4.78 is 0. The quantitative estimate of drug-likeness (QED) is 0.217. The van der Waals surface area contributed by atoms with Gasteiger partial charge < -0.3 is 0 Å².